The van der Waals surface area contributed by atoms with Crippen LogP contribution in [0.1, 0.15) is 44.7 Å². The summed E-state index contributed by atoms with van der Waals surface area (Å²) in [5.74, 6) is 0.532. The molecule has 3 N–H and O–H groups in total. The normalized spacial score (nSPS) is 19.2. The van der Waals surface area contributed by atoms with Crippen molar-refractivity contribution in [2.75, 3.05) is 5.32 Å². The van der Waals surface area contributed by atoms with E-state index in [-0.39, 0.29) is 29.7 Å². The first-order chi connectivity index (χ1) is 13.8. The van der Waals surface area contributed by atoms with Crippen molar-refractivity contribution in [1.29, 1.82) is 0 Å². The van der Waals surface area contributed by atoms with Gasteiger partial charge in [0, 0.05) is 35.3 Å². The van der Waals surface area contributed by atoms with Gasteiger partial charge in [-0.25, -0.2) is 9.37 Å². The number of carbonyl (C=O) groups is 1. The van der Waals surface area contributed by atoms with E-state index in [0.29, 0.717) is 5.52 Å². The molecule has 1 saturated carbocycles. The van der Waals surface area contributed by atoms with Gasteiger partial charge in [0.15, 0.2) is 0 Å². The summed E-state index contributed by atoms with van der Waals surface area (Å²) in [5, 5.41) is 3.05. The molecule has 2 atom stereocenters. The zero-order valence-electron chi connectivity index (χ0n) is 17.1. The fraction of sp³-hybridized carbons (Fsp3) is 0.391. The Kier molecular flexibility index (Phi) is 5.13. The van der Waals surface area contributed by atoms with Crippen LogP contribution in [0.3, 0.4) is 0 Å². The van der Waals surface area contributed by atoms with Crippen LogP contribution < -0.4 is 11.1 Å². The summed E-state index contributed by atoms with van der Waals surface area (Å²) < 4.78 is 15.8. The number of anilines is 1. The number of carbonyl (C=O) groups excluding carboxylic acids is 1. The van der Waals surface area contributed by atoms with Gasteiger partial charge in [-0.2, -0.15) is 0 Å². The first-order valence-electron chi connectivity index (χ1n) is 10.2. The van der Waals surface area contributed by atoms with Gasteiger partial charge in [0.2, 0.25) is 5.91 Å². The maximum Gasteiger partial charge on any atom is 0.227 e. The molecule has 0 radical (unpaired) electrons. The van der Waals surface area contributed by atoms with Gasteiger partial charge in [-0.05, 0) is 75.9 Å². The van der Waals surface area contributed by atoms with Gasteiger partial charge in [0.1, 0.15) is 11.6 Å². The van der Waals surface area contributed by atoms with Crippen LogP contribution in [0.4, 0.5) is 10.1 Å². The lowest BCUT2D eigenvalue weighted by Crippen LogP contribution is -2.23. The van der Waals surface area contributed by atoms with Crippen LogP contribution in [0.25, 0.3) is 22.4 Å². The van der Waals surface area contributed by atoms with Gasteiger partial charge in [-0.15, -0.1) is 0 Å². The van der Waals surface area contributed by atoms with Gasteiger partial charge in [0.05, 0.1) is 11.0 Å². The zero-order valence-corrected chi connectivity index (χ0v) is 17.1. The van der Waals surface area contributed by atoms with Crippen LogP contribution in [0.2, 0.25) is 0 Å². The average Bonchev–Trinajstić information content (AvgIpc) is 3.26. The number of nitrogens with zero attached hydrogens (tertiary/aromatic N) is 2. The third kappa shape index (κ3) is 3.77. The van der Waals surface area contributed by atoms with E-state index >= 15 is 0 Å². The number of benzene rings is 2. The van der Waals surface area contributed by atoms with Gasteiger partial charge in [-0.3, -0.25) is 4.79 Å². The number of fused-ring (bicyclic) bond motifs is 1. The molecule has 2 aromatic carbocycles. The second-order valence-corrected chi connectivity index (χ2v) is 8.32. The van der Waals surface area contributed by atoms with Gasteiger partial charge in [0.25, 0.3) is 0 Å². The average molecular weight is 394 g/mol. The maximum atomic E-state index is 13.7. The van der Waals surface area contributed by atoms with E-state index in [1.807, 2.05) is 25.1 Å². The number of rotatable bonds is 4. The Morgan fingerprint density at radius 3 is 2.69 bits per heavy atom. The summed E-state index contributed by atoms with van der Waals surface area (Å²) in [7, 11) is 0. The molecule has 4 rings (SSSR count). The summed E-state index contributed by atoms with van der Waals surface area (Å²) in [6.45, 7) is 6.14. The lowest BCUT2D eigenvalue weighted by molar-refractivity contribution is -0.119. The molecule has 2 unspecified atom stereocenters. The zero-order chi connectivity index (χ0) is 20.7. The van der Waals surface area contributed by atoms with Crippen LogP contribution in [-0.2, 0) is 4.79 Å². The highest BCUT2D eigenvalue weighted by molar-refractivity contribution is 5.94. The first-order valence-corrected chi connectivity index (χ1v) is 10.2. The predicted octanol–water partition coefficient (Wildman–Crippen LogP) is 4.80. The summed E-state index contributed by atoms with van der Waals surface area (Å²) in [6.07, 6.45) is 2.50. The van der Waals surface area contributed by atoms with Crippen molar-refractivity contribution in [2.45, 2.75) is 52.1 Å². The van der Waals surface area contributed by atoms with E-state index in [1.165, 1.54) is 12.1 Å². The highest BCUT2D eigenvalue weighted by Crippen LogP contribution is 2.32. The number of hydrogen-bond donors (Lipinski definition) is 2. The van der Waals surface area contributed by atoms with Crippen molar-refractivity contribution in [3.63, 3.8) is 0 Å². The van der Waals surface area contributed by atoms with Crippen molar-refractivity contribution >= 4 is 22.6 Å². The second kappa shape index (κ2) is 7.59. The van der Waals surface area contributed by atoms with Crippen molar-refractivity contribution in [3.8, 4) is 11.4 Å². The third-order valence-electron chi connectivity index (χ3n) is 5.75. The summed E-state index contributed by atoms with van der Waals surface area (Å²) in [4.78, 5) is 17.2. The molecular formula is C23H27FN4O. The minimum Gasteiger partial charge on any atom is -0.328 e. The second-order valence-electron chi connectivity index (χ2n) is 8.32. The smallest absolute Gasteiger partial charge is 0.227 e. The molecule has 5 nitrogen and oxygen atoms in total. The summed E-state index contributed by atoms with van der Waals surface area (Å²) in [6, 6.07) is 10.9. The van der Waals surface area contributed by atoms with Gasteiger partial charge >= 0.3 is 0 Å². The number of halogens is 1. The molecule has 6 heteroatoms. The highest BCUT2D eigenvalue weighted by Gasteiger charge is 2.28. The van der Waals surface area contributed by atoms with Gasteiger partial charge in [-0.1, -0.05) is 0 Å². The van der Waals surface area contributed by atoms with Crippen LogP contribution in [0, 0.1) is 18.7 Å². The summed E-state index contributed by atoms with van der Waals surface area (Å²) in [5.41, 5.74) is 10.2. The fourth-order valence-corrected chi connectivity index (χ4v) is 4.23. The quantitative estimate of drug-likeness (QED) is 0.668. The predicted molar refractivity (Wildman–Crippen MR) is 114 cm³/mol. The van der Waals surface area contributed by atoms with E-state index < -0.39 is 0 Å². The number of amides is 1. The molecule has 1 amide bonds. The highest BCUT2D eigenvalue weighted by atomic mass is 19.1. The van der Waals surface area contributed by atoms with Crippen molar-refractivity contribution < 1.29 is 9.18 Å². The topological polar surface area (TPSA) is 72.9 Å². The third-order valence-corrected chi connectivity index (χ3v) is 5.75. The monoisotopic (exact) mass is 394 g/mol. The maximum absolute atomic E-state index is 13.7. The van der Waals surface area contributed by atoms with Crippen LogP contribution in [-0.4, -0.2) is 21.5 Å². The van der Waals surface area contributed by atoms with E-state index in [9.17, 15) is 9.18 Å². The molecule has 0 spiro atoms. The SMILES string of the molecule is Cc1cc(-c2nc3cc(F)ccc3n2C(C)C)ccc1NC(=O)C1CCC(N)C1. The minimum atomic E-state index is -0.293. The van der Waals surface area contributed by atoms with E-state index in [4.69, 9.17) is 5.73 Å². The van der Waals surface area contributed by atoms with Gasteiger partial charge < -0.3 is 15.6 Å². The van der Waals surface area contributed by atoms with E-state index in [2.05, 4.69) is 28.7 Å². The molecule has 29 heavy (non-hydrogen) atoms. The molecule has 3 aromatic rings. The minimum absolute atomic E-state index is 0.0101. The number of nitrogens with one attached hydrogen (secondary N) is 1. The van der Waals surface area contributed by atoms with Crippen LogP contribution in [0.5, 0.6) is 0 Å². The molecular weight excluding hydrogens is 367 g/mol. The standard InChI is InChI=1S/C23H27FN4O/c1-13(2)28-21-9-6-17(24)12-20(21)26-22(28)15-5-8-19(14(3)10-15)27-23(29)16-4-7-18(25)11-16/h5-6,8-10,12-13,16,18H,4,7,11,25H2,1-3H3,(H,27,29). The molecule has 0 aliphatic heterocycles. The Hall–Kier alpha value is -2.73. The number of nitrogens with two attached hydrogens (primary N) is 1. The Bertz CT molecular complexity index is 1070. The molecule has 1 fully saturated rings. The lowest BCUT2D eigenvalue weighted by atomic mass is 10.1. The van der Waals surface area contributed by atoms with E-state index in [0.717, 1.165) is 47.4 Å². The number of imidazole rings is 1. The van der Waals surface area contributed by atoms with Crippen molar-refractivity contribution in [3.05, 3.63) is 47.8 Å². The first kappa shape index (κ1) is 19.6. The molecule has 0 saturated heterocycles. The largest absolute Gasteiger partial charge is 0.328 e. The molecule has 1 aliphatic rings. The molecule has 1 heterocycles. The molecule has 0 bridgehead atoms. The fourth-order valence-electron chi connectivity index (χ4n) is 4.23. The van der Waals surface area contributed by atoms with Crippen molar-refractivity contribution in [1.82, 2.24) is 9.55 Å². The van der Waals surface area contributed by atoms with Crippen molar-refractivity contribution in [2.24, 2.45) is 11.7 Å². The molecule has 1 aliphatic carbocycles. The summed E-state index contributed by atoms with van der Waals surface area (Å²) >= 11 is 0. The molecule has 1 aromatic heterocycles. The Morgan fingerprint density at radius 1 is 1.24 bits per heavy atom. The Labute approximate surface area is 170 Å². The van der Waals surface area contributed by atoms with E-state index in [1.54, 1.807) is 6.07 Å². The number of aryl methyl sites for hydroxylation is 1. The van der Waals surface area contributed by atoms with Crippen LogP contribution >= 0.6 is 0 Å². The number of aromatic nitrogens is 2. The molecule has 152 valence electrons. The lowest BCUT2D eigenvalue weighted by Gasteiger charge is -2.16. The number of hydrogen-bond acceptors (Lipinski definition) is 3. The Morgan fingerprint density at radius 2 is 2.03 bits per heavy atom. The Balaban J connectivity index is 1.66. The van der Waals surface area contributed by atoms with Crippen LogP contribution in [0.15, 0.2) is 36.4 Å².